The van der Waals surface area contributed by atoms with Gasteiger partial charge < -0.3 is 0 Å². The molecule has 1 unspecified atom stereocenters. The predicted molar refractivity (Wildman–Crippen MR) is 88.4 cm³/mol. The summed E-state index contributed by atoms with van der Waals surface area (Å²) in [5.41, 5.74) is 1.53. The Bertz CT molecular complexity index is 762. The van der Waals surface area contributed by atoms with Gasteiger partial charge in [0.25, 0.3) is 0 Å². The molecule has 0 fully saturated rings. The molecule has 0 saturated carbocycles. The number of hydrogen-bond donors (Lipinski definition) is 0. The molecule has 0 heterocycles. The molecule has 21 heavy (non-hydrogen) atoms. The van der Waals surface area contributed by atoms with Gasteiger partial charge in [0.15, 0.2) is 5.78 Å². The first-order chi connectivity index (χ1) is 10.2. The fraction of sp³-hybridized carbons (Fsp3) is 0.150. The zero-order valence-electron chi connectivity index (χ0n) is 12.1. The normalized spacial score (nSPS) is 18.1. The number of carbonyl (C=O) groups is 1. The molecular formula is C20H18O. The van der Waals surface area contributed by atoms with Gasteiger partial charge in [0, 0.05) is 11.1 Å². The van der Waals surface area contributed by atoms with Gasteiger partial charge in [-0.05, 0) is 29.2 Å². The molecule has 0 bridgehead atoms. The topological polar surface area (TPSA) is 17.1 Å². The van der Waals surface area contributed by atoms with E-state index in [4.69, 9.17) is 0 Å². The number of hydrogen-bond acceptors (Lipinski definition) is 1. The summed E-state index contributed by atoms with van der Waals surface area (Å²) in [7, 11) is 0. The number of ketones is 1. The minimum Gasteiger partial charge on any atom is -0.289 e. The first kappa shape index (κ1) is 13.6. The highest BCUT2D eigenvalue weighted by atomic mass is 16.1. The lowest BCUT2D eigenvalue weighted by atomic mass is 9.96. The second kappa shape index (κ2) is 5.92. The number of allylic oxidation sites excluding steroid dienone is 6. The number of rotatable bonds is 2. The summed E-state index contributed by atoms with van der Waals surface area (Å²) in [5.74, 6) is 0.564. The molecule has 0 aromatic heterocycles. The van der Waals surface area contributed by atoms with Crippen LogP contribution in [0.25, 0.3) is 10.8 Å². The fourth-order valence-corrected chi connectivity index (χ4v) is 2.54. The average molecular weight is 274 g/mol. The summed E-state index contributed by atoms with van der Waals surface area (Å²) < 4.78 is 0. The van der Waals surface area contributed by atoms with Gasteiger partial charge in [-0.25, -0.2) is 0 Å². The molecule has 1 heteroatoms. The van der Waals surface area contributed by atoms with Gasteiger partial charge in [0.1, 0.15) is 0 Å². The van der Waals surface area contributed by atoms with Gasteiger partial charge in [-0.3, -0.25) is 4.79 Å². The summed E-state index contributed by atoms with van der Waals surface area (Å²) in [5, 5.41) is 2.26. The Hall–Kier alpha value is -2.41. The van der Waals surface area contributed by atoms with E-state index in [9.17, 15) is 4.79 Å². The Morgan fingerprint density at radius 1 is 1.05 bits per heavy atom. The number of fused-ring (bicyclic) bond motifs is 1. The van der Waals surface area contributed by atoms with E-state index in [0.29, 0.717) is 5.92 Å². The molecule has 1 nitrogen and oxygen atoms in total. The molecule has 0 amide bonds. The van der Waals surface area contributed by atoms with Crippen LogP contribution in [-0.2, 0) is 0 Å². The van der Waals surface area contributed by atoms with Gasteiger partial charge in [0.2, 0.25) is 0 Å². The van der Waals surface area contributed by atoms with Crippen LogP contribution in [-0.4, -0.2) is 5.78 Å². The van der Waals surface area contributed by atoms with E-state index < -0.39 is 0 Å². The van der Waals surface area contributed by atoms with Gasteiger partial charge in [-0.1, -0.05) is 73.7 Å². The maximum absolute atomic E-state index is 12.7. The predicted octanol–water partition coefficient (Wildman–Crippen LogP) is 5.10. The Morgan fingerprint density at radius 3 is 2.71 bits per heavy atom. The third-order valence-corrected chi connectivity index (χ3v) is 3.81. The minimum atomic E-state index is 0.0968. The summed E-state index contributed by atoms with van der Waals surface area (Å²) >= 11 is 0. The molecule has 0 spiro atoms. The Balaban J connectivity index is 1.96. The van der Waals surface area contributed by atoms with Crippen LogP contribution in [0.1, 0.15) is 23.7 Å². The Labute approximate surface area is 125 Å². The van der Waals surface area contributed by atoms with Gasteiger partial charge in [-0.15, -0.1) is 0 Å². The number of Topliss-reactive ketones (excluding diaryl/α,β-unsaturated/α-hetero) is 1. The molecule has 1 aliphatic carbocycles. The molecule has 3 rings (SSSR count). The third kappa shape index (κ3) is 3.03. The van der Waals surface area contributed by atoms with Crippen molar-refractivity contribution < 1.29 is 4.79 Å². The van der Waals surface area contributed by atoms with E-state index in [-0.39, 0.29) is 5.78 Å². The highest BCUT2D eigenvalue weighted by Gasteiger charge is 2.11. The molecule has 2 aromatic rings. The van der Waals surface area contributed by atoms with Crippen LogP contribution < -0.4 is 0 Å². The SMILES string of the molecule is CC1C=CC=CC(C(=O)c2ccc3ccccc3c2)=CC1. The maximum Gasteiger partial charge on any atom is 0.192 e. The van der Waals surface area contributed by atoms with Gasteiger partial charge in [0.05, 0.1) is 0 Å². The van der Waals surface area contributed by atoms with E-state index in [1.807, 2.05) is 60.7 Å². The Morgan fingerprint density at radius 2 is 1.86 bits per heavy atom. The summed E-state index contributed by atoms with van der Waals surface area (Å²) in [6, 6.07) is 14.0. The van der Waals surface area contributed by atoms with Gasteiger partial charge >= 0.3 is 0 Å². The van der Waals surface area contributed by atoms with E-state index in [1.165, 1.54) is 0 Å². The molecule has 104 valence electrons. The molecule has 0 radical (unpaired) electrons. The summed E-state index contributed by atoms with van der Waals surface area (Å²) in [6.07, 6.45) is 11.0. The van der Waals surface area contributed by atoms with Crippen molar-refractivity contribution in [3.8, 4) is 0 Å². The van der Waals surface area contributed by atoms with Crippen molar-refractivity contribution in [1.29, 1.82) is 0 Å². The molecule has 0 aliphatic heterocycles. The fourth-order valence-electron chi connectivity index (χ4n) is 2.54. The first-order valence-corrected chi connectivity index (χ1v) is 7.32. The highest BCUT2D eigenvalue weighted by Crippen LogP contribution is 2.20. The third-order valence-electron chi connectivity index (χ3n) is 3.81. The standard InChI is InChI=1S/C20H18O/c1-15-6-2-3-8-17(11-10-15)20(21)19-13-12-16-7-4-5-9-18(16)14-19/h2-9,11-15H,10H2,1H3. The summed E-state index contributed by atoms with van der Waals surface area (Å²) in [4.78, 5) is 12.7. The Kier molecular flexibility index (Phi) is 3.83. The molecule has 2 aromatic carbocycles. The van der Waals surface area contributed by atoms with Crippen molar-refractivity contribution in [2.45, 2.75) is 13.3 Å². The summed E-state index contributed by atoms with van der Waals surface area (Å²) in [6.45, 7) is 2.16. The highest BCUT2D eigenvalue weighted by molar-refractivity contribution is 6.12. The lowest BCUT2D eigenvalue weighted by Gasteiger charge is -2.08. The van der Waals surface area contributed by atoms with Crippen LogP contribution in [0.3, 0.4) is 0 Å². The molecule has 1 aliphatic rings. The molecule has 0 N–H and O–H groups in total. The van der Waals surface area contributed by atoms with E-state index in [0.717, 1.165) is 28.3 Å². The van der Waals surface area contributed by atoms with Crippen molar-refractivity contribution >= 4 is 16.6 Å². The van der Waals surface area contributed by atoms with Crippen molar-refractivity contribution in [1.82, 2.24) is 0 Å². The van der Waals surface area contributed by atoms with Crippen molar-refractivity contribution in [2.24, 2.45) is 5.92 Å². The van der Waals surface area contributed by atoms with E-state index in [1.54, 1.807) is 0 Å². The molecular weight excluding hydrogens is 256 g/mol. The van der Waals surface area contributed by atoms with Crippen LogP contribution in [0.2, 0.25) is 0 Å². The van der Waals surface area contributed by atoms with E-state index in [2.05, 4.69) is 19.1 Å². The van der Waals surface area contributed by atoms with E-state index >= 15 is 0 Å². The largest absolute Gasteiger partial charge is 0.289 e. The van der Waals surface area contributed by atoms with Crippen molar-refractivity contribution in [3.63, 3.8) is 0 Å². The van der Waals surface area contributed by atoms with Crippen LogP contribution in [0, 0.1) is 5.92 Å². The minimum absolute atomic E-state index is 0.0968. The maximum atomic E-state index is 12.7. The zero-order chi connectivity index (χ0) is 14.7. The monoisotopic (exact) mass is 274 g/mol. The average Bonchev–Trinajstić information content (AvgIpc) is 2.50. The number of carbonyl (C=O) groups excluding carboxylic acids is 1. The quantitative estimate of drug-likeness (QED) is 0.696. The number of benzene rings is 2. The van der Waals surface area contributed by atoms with Crippen LogP contribution >= 0.6 is 0 Å². The zero-order valence-corrected chi connectivity index (χ0v) is 12.1. The molecule has 0 saturated heterocycles. The second-order valence-corrected chi connectivity index (χ2v) is 5.51. The van der Waals surface area contributed by atoms with Crippen LogP contribution in [0.4, 0.5) is 0 Å². The van der Waals surface area contributed by atoms with Crippen molar-refractivity contribution in [3.05, 3.63) is 84.0 Å². The lowest BCUT2D eigenvalue weighted by molar-refractivity contribution is 0.103. The van der Waals surface area contributed by atoms with Crippen molar-refractivity contribution in [2.75, 3.05) is 0 Å². The first-order valence-electron chi connectivity index (χ1n) is 7.32. The molecule has 1 atom stereocenters. The van der Waals surface area contributed by atoms with Crippen LogP contribution in [0.5, 0.6) is 0 Å². The van der Waals surface area contributed by atoms with Crippen LogP contribution in [0.15, 0.2) is 78.4 Å². The lowest BCUT2D eigenvalue weighted by Crippen LogP contribution is -2.03. The second-order valence-electron chi connectivity index (χ2n) is 5.51. The van der Waals surface area contributed by atoms with Gasteiger partial charge in [-0.2, -0.15) is 0 Å². The smallest absolute Gasteiger partial charge is 0.192 e.